The monoisotopic (exact) mass is 686 g/mol. The number of allylic oxidation sites excluding steroid dienone is 1. The Kier molecular flexibility index (Phi) is 10.9. The molecule has 6 atom stereocenters. The smallest absolute Gasteiger partial charge is 0.410 e. The first-order valence-electron chi connectivity index (χ1n) is 17.0. The first-order valence-corrected chi connectivity index (χ1v) is 17.0. The quantitative estimate of drug-likeness (QED) is 0.391. The number of rotatable bonds is 5. The molecule has 2 unspecified atom stereocenters. The van der Waals surface area contributed by atoms with Crippen molar-refractivity contribution in [3.8, 4) is 0 Å². The first-order chi connectivity index (χ1) is 23.2. The molecule has 13 nitrogen and oxygen atoms in total. The van der Waals surface area contributed by atoms with Crippen LogP contribution < -0.4 is 10.6 Å². The summed E-state index contributed by atoms with van der Waals surface area (Å²) >= 11 is 0. The summed E-state index contributed by atoms with van der Waals surface area (Å²) in [6.45, 7) is 5.21. The minimum absolute atomic E-state index is 0.0906. The SMILES string of the molecule is COCC1c2cccc(F)c2CCN1C(=O)O[C@@H]1CC2C(=O)N[C@]3(C(=O)O)C[C@H]3/C=C\CCCCC[C@H](NC(=O)OC(C)(C)C)C(=O)N2C1. The molecule has 4 amide bonds. The Bertz CT molecular complexity index is 1480. The van der Waals surface area contributed by atoms with E-state index in [2.05, 4.69) is 10.6 Å². The lowest BCUT2D eigenvalue weighted by Gasteiger charge is -2.36. The predicted molar refractivity (Wildman–Crippen MR) is 174 cm³/mol. The number of methoxy groups -OCH3 is 1. The predicted octanol–water partition coefficient (Wildman–Crippen LogP) is 3.85. The molecule has 0 aromatic heterocycles. The van der Waals surface area contributed by atoms with Crippen molar-refractivity contribution in [2.45, 2.75) is 108 Å². The summed E-state index contributed by atoms with van der Waals surface area (Å²) in [5.74, 6) is -3.18. The summed E-state index contributed by atoms with van der Waals surface area (Å²) in [6, 6.07) is 1.86. The average molecular weight is 687 g/mol. The molecule has 3 N–H and O–H groups in total. The van der Waals surface area contributed by atoms with Gasteiger partial charge < -0.3 is 34.9 Å². The van der Waals surface area contributed by atoms with Gasteiger partial charge in [-0.15, -0.1) is 0 Å². The molecule has 5 rings (SSSR count). The number of hydrogen-bond acceptors (Lipinski definition) is 8. The van der Waals surface area contributed by atoms with E-state index in [1.165, 1.54) is 23.0 Å². The first kappa shape index (κ1) is 36.1. The number of carboxylic acids is 1. The van der Waals surface area contributed by atoms with E-state index in [-0.39, 0.29) is 51.2 Å². The van der Waals surface area contributed by atoms with Crippen LogP contribution in [0.4, 0.5) is 14.0 Å². The molecule has 1 aliphatic carbocycles. The van der Waals surface area contributed by atoms with Crippen LogP contribution in [0.25, 0.3) is 0 Å². The minimum atomic E-state index is -1.50. The molecule has 0 spiro atoms. The average Bonchev–Trinajstić information content (AvgIpc) is 3.56. The van der Waals surface area contributed by atoms with Crippen LogP contribution in [0.3, 0.4) is 0 Å². The van der Waals surface area contributed by atoms with Crippen molar-refractivity contribution in [2.24, 2.45) is 5.92 Å². The molecule has 0 radical (unpaired) electrons. The molecular weight excluding hydrogens is 639 g/mol. The summed E-state index contributed by atoms with van der Waals surface area (Å²) in [4.78, 5) is 69.7. The molecule has 2 fully saturated rings. The van der Waals surface area contributed by atoms with Gasteiger partial charge in [-0.25, -0.2) is 18.8 Å². The second-order valence-corrected chi connectivity index (χ2v) is 14.3. The van der Waals surface area contributed by atoms with Crippen molar-refractivity contribution in [3.05, 3.63) is 47.3 Å². The molecule has 4 aliphatic rings. The third kappa shape index (κ3) is 8.17. The van der Waals surface area contributed by atoms with Crippen molar-refractivity contribution in [2.75, 3.05) is 26.8 Å². The number of carboxylic acid groups (broad SMARTS) is 1. The van der Waals surface area contributed by atoms with Crippen molar-refractivity contribution in [1.29, 1.82) is 0 Å². The molecule has 1 aromatic carbocycles. The van der Waals surface area contributed by atoms with Crippen LogP contribution in [0.15, 0.2) is 30.4 Å². The molecule has 268 valence electrons. The Morgan fingerprint density at radius 1 is 1.16 bits per heavy atom. The Morgan fingerprint density at radius 2 is 1.94 bits per heavy atom. The molecule has 49 heavy (non-hydrogen) atoms. The van der Waals surface area contributed by atoms with Crippen LogP contribution in [-0.4, -0.2) is 101 Å². The van der Waals surface area contributed by atoms with Gasteiger partial charge >= 0.3 is 18.2 Å². The summed E-state index contributed by atoms with van der Waals surface area (Å²) in [6.07, 6.45) is 4.85. The lowest BCUT2D eigenvalue weighted by atomic mass is 9.93. The number of aliphatic carboxylic acids is 1. The van der Waals surface area contributed by atoms with Gasteiger partial charge in [0.25, 0.3) is 0 Å². The third-order valence-electron chi connectivity index (χ3n) is 9.63. The number of nitrogens with zero attached hydrogens (tertiary/aromatic N) is 2. The normalized spacial score (nSPS) is 29.6. The molecule has 0 bridgehead atoms. The van der Waals surface area contributed by atoms with Crippen molar-refractivity contribution >= 4 is 30.0 Å². The zero-order valence-corrected chi connectivity index (χ0v) is 28.5. The summed E-state index contributed by atoms with van der Waals surface area (Å²) in [5, 5.41) is 15.5. The maximum absolute atomic E-state index is 14.6. The number of halogens is 1. The molecule has 1 saturated heterocycles. The number of carbonyl (C=O) groups is 5. The second kappa shape index (κ2) is 14.7. The number of hydrogen-bond donors (Lipinski definition) is 3. The molecule has 1 saturated carbocycles. The fraction of sp³-hybridized carbons (Fsp3) is 0.629. The number of nitrogens with one attached hydrogen (secondary N) is 2. The number of fused-ring (bicyclic) bond motifs is 3. The Morgan fingerprint density at radius 3 is 2.65 bits per heavy atom. The van der Waals surface area contributed by atoms with Gasteiger partial charge in [0.2, 0.25) is 11.8 Å². The Hall–Kier alpha value is -4.20. The van der Waals surface area contributed by atoms with E-state index in [0.29, 0.717) is 24.0 Å². The minimum Gasteiger partial charge on any atom is -0.479 e. The number of benzene rings is 1. The van der Waals surface area contributed by atoms with E-state index in [0.717, 1.165) is 12.8 Å². The van der Waals surface area contributed by atoms with Crippen LogP contribution in [0.1, 0.15) is 82.9 Å². The standard InChI is InChI=1S/C35H47FN4O9/c1-34(2,3)49-32(45)37-26-14-9-7-5-6-8-11-21-18-35(21,31(43)44)38-29(41)27-17-22(19-40(27)30(26)42)48-33(46)39-16-15-23-24(28(39)20-47-4)12-10-13-25(23)36/h8,10-13,21-22,26-28H,5-7,9,14-20H2,1-4H3,(H,37,45)(H,38,41)(H,43,44)/b11-8-/t21-,22-,26+,27?,28?,35-/m1/s1. The topological polar surface area (TPSA) is 164 Å². The molecule has 14 heteroatoms. The van der Waals surface area contributed by atoms with E-state index >= 15 is 0 Å². The maximum atomic E-state index is 14.6. The maximum Gasteiger partial charge on any atom is 0.410 e. The van der Waals surface area contributed by atoms with Crippen molar-refractivity contribution in [3.63, 3.8) is 0 Å². The molecule has 1 aromatic rings. The molecule has 3 heterocycles. The Balaban J connectivity index is 1.40. The van der Waals surface area contributed by atoms with E-state index < -0.39 is 71.3 Å². The van der Waals surface area contributed by atoms with Crippen LogP contribution in [0.5, 0.6) is 0 Å². The van der Waals surface area contributed by atoms with E-state index in [4.69, 9.17) is 14.2 Å². The summed E-state index contributed by atoms with van der Waals surface area (Å²) in [7, 11) is 1.48. The van der Waals surface area contributed by atoms with Gasteiger partial charge in [-0.3, -0.25) is 14.5 Å². The van der Waals surface area contributed by atoms with Gasteiger partial charge in [-0.05, 0) is 70.1 Å². The van der Waals surface area contributed by atoms with Gasteiger partial charge in [0.1, 0.15) is 35.1 Å². The Labute approximate surface area is 285 Å². The molecular formula is C35H47FN4O9. The van der Waals surface area contributed by atoms with Gasteiger partial charge in [0.15, 0.2) is 0 Å². The number of alkyl carbamates (subject to hydrolysis) is 1. The van der Waals surface area contributed by atoms with Crippen molar-refractivity contribution in [1.82, 2.24) is 20.4 Å². The summed E-state index contributed by atoms with van der Waals surface area (Å²) < 4.78 is 31.3. The van der Waals surface area contributed by atoms with Crippen LogP contribution in [-0.2, 0) is 35.0 Å². The number of carbonyl (C=O) groups excluding carboxylic acids is 4. The highest BCUT2D eigenvalue weighted by atomic mass is 19.1. The van der Waals surface area contributed by atoms with Crippen LogP contribution in [0, 0.1) is 11.7 Å². The zero-order chi connectivity index (χ0) is 35.5. The van der Waals surface area contributed by atoms with Gasteiger partial charge in [-0.2, -0.15) is 0 Å². The van der Waals surface area contributed by atoms with Crippen molar-refractivity contribution < 1.29 is 47.7 Å². The van der Waals surface area contributed by atoms with Crippen LogP contribution >= 0.6 is 0 Å². The van der Waals surface area contributed by atoms with E-state index in [1.54, 1.807) is 32.9 Å². The molecule has 3 aliphatic heterocycles. The third-order valence-corrected chi connectivity index (χ3v) is 9.63. The lowest BCUT2D eigenvalue weighted by molar-refractivity contribution is -0.145. The highest BCUT2D eigenvalue weighted by Gasteiger charge is 2.61. The van der Waals surface area contributed by atoms with Crippen LogP contribution in [0.2, 0.25) is 0 Å². The number of amides is 4. The van der Waals surface area contributed by atoms with Gasteiger partial charge in [-0.1, -0.05) is 37.1 Å². The number of ether oxygens (including phenoxy) is 3. The van der Waals surface area contributed by atoms with E-state index in [1.807, 2.05) is 12.2 Å². The zero-order valence-electron chi connectivity index (χ0n) is 28.5. The fourth-order valence-corrected chi connectivity index (χ4v) is 7.07. The van der Waals surface area contributed by atoms with E-state index in [9.17, 15) is 33.5 Å². The van der Waals surface area contributed by atoms with Gasteiger partial charge in [0, 0.05) is 26.0 Å². The highest BCUT2D eigenvalue weighted by Crippen LogP contribution is 2.45. The second-order valence-electron chi connectivity index (χ2n) is 14.3. The lowest BCUT2D eigenvalue weighted by Crippen LogP contribution is -2.56. The fourth-order valence-electron chi connectivity index (χ4n) is 7.07. The largest absolute Gasteiger partial charge is 0.479 e. The summed E-state index contributed by atoms with van der Waals surface area (Å²) in [5.41, 5.74) is -1.20. The van der Waals surface area contributed by atoms with Gasteiger partial charge in [0.05, 0.1) is 19.2 Å². The highest BCUT2D eigenvalue weighted by molar-refractivity contribution is 5.96.